The van der Waals surface area contributed by atoms with E-state index in [1.54, 1.807) is 30.0 Å². The molecule has 1 amide bonds. The summed E-state index contributed by atoms with van der Waals surface area (Å²) >= 11 is 12.1. The number of hydrogen-bond donors (Lipinski definition) is 1. The van der Waals surface area contributed by atoms with Gasteiger partial charge in [0.05, 0.1) is 23.7 Å². The molecule has 0 saturated heterocycles. The van der Waals surface area contributed by atoms with E-state index in [1.165, 1.54) is 0 Å². The quantitative estimate of drug-likeness (QED) is 0.845. The molecule has 1 aromatic heterocycles. The van der Waals surface area contributed by atoms with Crippen LogP contribution < -0.4 is 0 Å². The van der Waals surface area contributed by atoms with Crippen molar-refractivity contribution in [1.82, 2.24) is 15.1 Å². The number of ether oxygens (including phenoxy) is 1. The molecule has 126 valence electrons. The van der Waals surface area contributed by atoms with Gasteiger partial charge in [0.25, 0.3) is 5.91 Å². The highest BCUT2D eigenvalue weighted by Crippen LogP contribution is 2.26. The highest BCUT2D eigenvalue weighted by atomic mass is 35.5. The van der Waals surface area contributed by atoms with Crippen LogP contribution in [-0.2, 0) is 17.7 Å². The third-order valence-corrected chi connectivity index (χ3v) is 4.41. The number of aromatic amines is 1. The van der Waals surface area contributed by atoms with E-state index < -0.39 is 5.97 Å². The Morgan fingerprint density at radius 3 is 2.92 bits per heavy atom. The maximum atomic E-state index is 12.7. The van der Waals surface area contributed by atoms with Gasteiger partial charge in [0, 0.05) is 29.2 Å². The first-order valence-electron chi connectivity index (χ1n) is 7.48. The van der Waals surface area contributed by atoms with Gasteiger partial charge in [-0.1, -0.05) is 23.2 Å². The van der Waals surface area contributed by atoms with Crippen LogP contribution in [0.5, 0.6) is 0 Å². The van der Waals surface area contributed by atoms with E-state index in [4.69, 9.17) is 27.9 Å². The first-order valence-corrected chi connectivity index (χ1v) is 8.24. The van der Waals surface area contributed by atoms with Gasteiger partial charge in [-0.2, -0.15) is 5.10 Å². The standard InChI is InChI=1S/C16H15Cl2N3O3/c1-2-24-16(23)14-11-8-21(6-5-13(11)19-20-14)15(22)10-7-9(17)3-4-12(10)18/h3-4,7H,2,5-6,8H2,1H3,(H,19,20). The Morgan fingerprint density at radius 1 is 1.38 bits per heavy atom. The Labute approximate surface area is 148 Å². The van der Waals surface area contributed by atoms with Crippen LogP contribution in [0.3, 0.4) is 0 Å². The zero-order valence-electron chi connectivity index (χ0n) is 12.9. The number of rotatable bonds is 3. The van der Waals surface area contributed by atoms with Crippen LogP contribution in [0.1, 0.15) is 39.0 Å². The van der Waals surface area contributed by atoms with Gasteiger partial charge < -0.3 is 9.64 Å². The summed E-state index contributed by atoms with van der Waals surface area (Å²) in [7, 11) is 0. The van der Waals surface area contributed by atoms with Crippen molar-refractivity contribution in [2.45, 2.75) is 19.9 Å². The molecule has 1 aliphatic rings. The molecule has 1 N–H and O–H groups in total. The Kier molecular flexibility index (Phi) is 4.78. The second-order valence-corrected chi connectivity index (χ2v) is 6.19. The molecular formula is C16H15Cl2N3O3. The summed E-state index contributed by atoms with van der Waals surface area (Å²) < 4.78 is 5.00. The first kappa shape index (κ1) is 16.8. The van der Waals surface area contributed by atoms with Crippen molar-refractivity contribution in [3.63, 3.8) is 0 Å². The van der Waals surface area contributed by atoms with Crippen molar-refractivity contribution in [2.75, 3.05) is 13.2 Å². The fourth-order valence-electron chi connectivity index (χ4n) is 2.67. The highest BCUT2D eigenvalue weighted by Gasteiger charge is 2.29. The number of nitrogens with zero attached hydrogens (tertiary/aromatic N) is 2. The fraction of sp³-hybridized carbons (Fsp3) is 0.312. The van der Waals surface area contributed by atoms with Gasteiger partial charge in [0.1, 0.15) is 0 Å². The Bertz CT molecular complexity index is 804. The normalized spacial score (nSPS) is 13.5. The van der Waals surface area contributed by atoms with E-state index in [2.05, 4.69) is 10.2 Å². The van der Waals surface area contributed by atoms with E-state index in [0.29, 0.717) is 34.1 Å². The molecule has 3 rings (SSSR count). The first-order chi connectivity index (χ1) is 11.5. The SMILES string of the molecule is CCOC(=O)c1n[nH]c2c1CN(C(=O)c1cc(Cl)ccc1Cl)CC2. The van der Waals surface area contributed by atoms with Gasteiger partial charge in [0.15, 0.2) is 5.69 Å². The van der Waals surface area contributed by atoms with E-state index in [1.807, 2.05) is 0 Å². The number of fused-ring (bicyclic) bond motifs is 1. The summed E-state index contributed by atoms with van der Waals surface area (Å²) in [6.45, 7) is 2.76. The largest absolute Gasteiger partial charge is 0.461 e. The number of amides is 1. The van der Waals surface area contributed by atoms with Gasteiger partial charge in [-0.3, -0.25) is 9.89 Å². The molecule has 1 aromatic carbocycles. The fourth-order valence-corrected chi connectivity index (χ4v) is 3.04. The molecule has 0 saturated carbocycles. The van der Waals surface area contributed by atoms with Crippen LogP contribution >= 0.6 is 23.2 Å². The second-order valence-electron chi connectivity index (χ2n) is 5.35. The van der Waals surface area contributed by atoms with Crippen molar-refractivity contribution in [3.05, 3.63) is 50.8 Å². The number of benzene rings is 1. The molecule has 2 aromatic rings. The zero-order chi connectivity index (χ0) is 17.3. The van der Waals surface area contributed by atoms with Crippen molar-refractivity contribution >= 4 is 35.1 Å². The van der Waals surface area contributed by atoms with E-state index >= 15 is 0 Å². The Hall–Kier alpha value is -2.05. The maximum absolute atomic E-state index is 12.7. The van der Waals surface area contributed by atoms with Gasteiger partial charge in [-0.05, 0) is 25.1 Å². The van der Waals surface area contributed by atoms with Crippen LogP contribution in [0, 0.1) is 0 Å². The Balaban J connectivity index is 1.86. The molecule has 0 bridgehead atoms. The lowest BCUT2D eigenvalue weighted by Crippen LogP contribution is -2.36. The number of aromatic nitrogens is 2. The van der Waals surface area contributed by atoms with Crippen LogP contribution in [0.4, 0.5) is 0 Å². The number of nitrogens with one attached hydrogen (secondary N) is 1. The molecule has 0 radical (unpaired) electrons. The van der Waals surface area contributed by atoms with Gasteiger partial charge >= 0.3 is 5.97 Å². The molecule has 0 atom stereocenters. The third kappa shape index (κ3) is 3.12. The minimum atomic E-state index is -0.495. The summed E-state index contributed by atoms with van der Waals surface area (Å²) in [6.07, 6.45) is 0.575. The van der Waals surface area contributed by atoms with Crippen LogP contribution in [0.15, 0.2) is 18.2 Å². The molecule has 6 nitrogen and oxygen atoms in total. The predicted molar refractivity (Wildman–Crippen MR) is 89.5 cm³/mol. The molecule has 0 unspecified atom stereocenters. The van der Waals surface area contributed by atoms with Crippen LogP contribution in [0.2, 0.25) is 10.0 Å². The van der Waals surface area contributed by atoms with Gasteiger partial charge in [0.2, 0.25) is 0 Å². The molecule has 8 heteroatoms. The number of halogens is 2. The lowest BCUT2D eigenvalue weighted by atomic mass is 10.0. The molecule has 0 spiro atoms. The minimum absolute atomic E-state index is 0.224. The maximum Gasteiger partial charge on any atom is 0.359 e. The molecular weight excluding hydrogens is 353 g/mol. The smallest absolute Gasteiger partial charge is 0.359 e. The van der Waals surface area contributed by atoms with Crippen LogP contribution in [0.25, 0.3) is 0 Å². The summed E-state index contributed by atoms with van der Waals surface area (Å²) in [4.78, 5) is 26.3. The molecule has 2 heterocycles. The summed E-state index contributed by atoms with van der Waals surface area (Å²) in [5.74, 6) is -0.728. The molecule has 0 fully saturated rings. The topological polar surface area (TPSA) is 75.3 Å². The molecule has 0 aliphatic carbocycles. The molecule has 24 heavy (non-hydrogen) atoms. The van der Waals surface area contributed by atoms with Gasteiger partial charge in [-0.25, -0.2) is 4.79 Å². The number of carbonyl (C=O) groups excluding carboxylic acids is 2. The Morgan fingerprint density at radius 2 is 2.17 bits per heavy atom. The predicted octanol–water partition coefficient (Wildman–Crippen LogP) is 3.09. The van der Waals surface area contributed by atoms with Crippen molar-refractivity contribution in [1.29, 1.82) is 0 Å². The average molecular weight is 368 g/mol. The summed E-state index contributed by atoms with van der Waals surface area (Å²) in [5.41, 5.74) is 2.10. The van der Waals surface area contributed by atoms with Crippen molar-refractivity contribution in [2.24, 2.45) is 0 Å². The lowest BCUT2D eigenvalue weighted by Gasteiger charge is -2.27. The summed E-state index contributed by atoms with van der Waals surface area (Å²) in [5, 5.41) is 7.66. The number of carbonyl (C=O) groups is 2. The monoisotopic (exact) mass is 367 g/mol. The van der Waals surface area contributed by atoms with Crippen LogP contribution in [-0.4, -0.2) is 40.1 Å². The minimum Gasteiger partial charge on any atom is -0.461 e. The lowest BCUT2D eigenvalue weighted by molar-refractivity contribution is 0.0513. The van der Waals surface area contributed by atoms with E-state index in [9.17, 15) is 9.59 Å². The van der Waals surface area contributed by atoms with Crippen molar-refractivity contribution < 1.29 is 14.3 Å². The average Bonchev–Trinajstić information content (AvgIpc) is 2.99. The van der Waals surface area contributed by atoms with E-state index in [0.717, 1.165) is 5.69 Å². The summed E-state index contributed by atoms with van der Waals surface area (Å²) in [6, 6.07) is 4.77. The molecule has 1 aliphatic heterocycles. The zero-order valence-corrected chi connectivity index (χ0v) is 14.4. The van der Waals surface area contributed by atoms with E-state index in [-0.39, 0.29) is 24.8 Å². The second kappa shape index (κ2) is 6.83. The highest BCUT2D eigenvalue weighted by molar-refractivity contribution is 6.35. The third-order valence-electron chi connectivity index (χ3n) is 3.85. The number of esters is 1. The van der Waals surface area contributed by atoms with Crippen molar-refractivity contribution in [3.8, 4) is 0 Å². The number of hydrogen-bond acceptors (Lipinski definition) is 4. The number of H-pyrrole nitrogens is 1. The van der Waals surface area contributed by atoms with Gasteiger partial charge in [-0.15, -0.1) is 0 Å².